The van der Waals surface area contributed by atoms with Crippen molar-refractivity contribution in [1.29, 1.82) is 0 Å². The molecule has 3 rings (SSSR count). The summed E-state index contributed by atoms with van der Waals surface area (Å²) in [6.07, 6.45) is 5.50. The van der Waals surface area contributed by atoms with Crippen LogP contribution in [0.25, 0.3) is 11.0 Å². The lowest BCUT2D eigenvalue weighted by molar-refractivity contribution is 0.399. The smallest absolute Gasteiger partial charge is 0.139 e. The maximum atomic E-state index is 5.98. The minimum atomic E-state index is 0. The van der Waals surface area contributed by atoms with Gasteiger partial charge in [-0.05, 0) is 31.5 Å². The Hall–Kier alpha value is -0.480. The Kier molecular flexibility index (Phi) is 5.93. The van der Waals surface area contributed by atoms with Gasteiger partial charge in [0.1, 0.15) is 5.65 Å². The number of nitrogens with zero attached hydrogens (tertiary/aromatic N) is 2. The molecule has 0 saturated carbocycles. The van der Waals surface area contributed by atoms with E-state index < -0.39 is 0 Å². The number of hydrogen-bond acceptors (Lipinski definition) is 2. The Morgan fingerprint density at radius 3 is 2.79 bits per heavy atom. The summed E-state index contributed by atoms with van der Waals surface area (Å²) in [6, 6.07) is 4.65. The lowest BCUT2D eigenvalue weighted by atomic mass is 10.0. The summed E-state index contributed by atoms with van der Waals surface area (Å²) >= 11 is 5.98. The van der Waals surface area contributed by atoms with Crippen LogP contribution >= 0.6 is 36.4 Å². The summed E-state index contributed by atoms with van der Waals surface area (Å²) in [4.78, 5) is 4.40. The van der Waals surface area contributed by atoms with Crippen molar-refractivity contribution in [2.24, 2.45) is 7.05 Å². The monoisotopic (exact) mass is 321 g/mol. The zero-order valence-corrected chi connectivity index (χ0v) is 13.1. The highest BCUT2D eigenvalue weighted by Gasteiger charge is 2.19. The van der Waals surface area contributed by atoms with Crippen LogP contribution in [0.3, 0.4) is 0 Å². The first-order chi connectivity index (χ1) is 8.25. The van der Waals surface area contributed by atoms with Crippen LogP contribution in [0, 0.1) is 0 Å². The first kappa shape index (κ1) is 16.6. The summed E-state index contributed by atoms with van der Waals surface area (Å²) in [5, 5.41) is 5.40. The largest absolute Gasteiger partial charge is 0.331 e. The fraction of sp³-hybridized carbons (Fsp3) is 0.462. The number of aryl methyl sites for hydroxylation is 1. The second-order valence-electron chi connectivity index (χ2n) is 4.70. The molecular formula is C13H18Cl3N3. The number of hydrogen-bond donors (Lipinski definition) is 1. The van der Waals surface area contributed by atoms with Crippen molar-refractivity contribution in [3.63, 3.8) is 0 Å². The summed E-state index contributed by atoms with van der Waals surface area (Å²) in [6.45, 7) is 1.11. The lowest BCUT2D eigenvalue weighted by Gasteiger charge is -2.24. The predicted octanol–water partition coefficient (Wildman–Crippen LogP) is 3.88. The van der Waals surface area contributed by atoms with Crippen LogP contribution < -0.4 is 5.32 Å². The van der Waals surface area contributed by atoms with E-state index in [-0.39, 0.29) is 24.8 Å². The molecule has 0 amide bonds. The van der Waals surface area contributed by atoms with E-state index in [9.17, 15) is 0 Å². The van der Waals surface area contributed by atoms with Crippen molar-refractivity contribution in [2.75, 3.05) is 6.54 Å². The average molecular weight is 323 g/mol. The fourth-order valence-electron chi connectivity index (χ4n) is 2.65. The first-order valence-electron chi connectivity index (χ1n) is 6.10. The molecule has 1 fully saturated rings. The molecule has 0 spiro atoms. The van der Waals surface area contributed by atoms with Gasteiger partial charge in [-0.15, -0.1) is 24.8 Å². The molecule has 3 nitrogen and oxygen atoms in total. The molecule has 0 aromatic carbocycles. The number of halogens is 3. The number of rotatable bonds is 1. The highest BCUT2D eigenvalue weighted by Crippen LogP contribution is 2.28. The number of piperidine rings is 1. The molecule has 1 atom stereocenters. The van der Waals surface area contributed by atoms with Crippen LogP contribution in [0.5, 0.6) is 0 Å². The Labute approximate surface area is 130 Å². The fourth-order valence-corrected chi connectivity index (χ4v) is 2.82. The topological polar surface area (TPSA) is 29.9 Å². The summed E-state index contributed by atoms with van der Waals surface area (Å²) in [5.41, 5.74) is 2.33. The van der Waals surface area contributed by atoms with E-state index in [0.717, 1.165) is 17.6 Å². The maximum Gasteiger partial charge on any atom is 0.139 e. The molecule has 1 aliphatic heterocycles. The maximum absolute atomic E-state index is 5.98. The lowest BCUT2D eigenvalue weighted by Crippen LogP contribution is -2.28. The molecule has 19 heavy (non-hydrogen) atoms. The van der Waals surface area contributed by atoms with Crippen molar-refractivity contribution in [2.45, 2.75) is 25.3 Å². The van der Waals surface area contributed by atoms with Crippen molar-refractivity contribution in [3.8, 4) is 0 Å². The van der Waals surface area contributed by atoms with E-state index in [1.54, 1.807) is 6.20 Å². The molecule has 1 unspecified atom stereocenters. The summed E-state index contributed by atoms with van der Waals surface area (Å²) in [5.74, 6) is 0. The van der Waals surface area contributed by atoms with Gasteiger partial charge in [0.2, 0.25) is 0 Å². The second kappa shape index (κ2) is 6.80. The van der Waals surface area contributed by atoms with Gasteiger partial charge in [-0.25, -0.2) is 4.98 Å². The quantitative estimate of drug-likeness (QED) is 0.863. The van der Waals surface area contributed by atoms with Gasteiger partial charge in [-0.3, -0.25) is 0 Å². The van der Waals surface area contributed by atoms with Gasteiger partial charge in [0.05, 0.1) is 5.02 Å². The van der Waals surface area contributed by atoms with E-state index in [2.05, 4.69) is 28.0 Å². The van der Waals surface area contributed by atoms with Crippen molar-refractivity contribution in [3.05, 3.63) is 29.0 Å². The van der Waals surface area contributed by atoms with Crippen molar-refractivity contribution >= 4 is 47.4 Å². The molecular weight excluding hydrogens is 305 g/mol. The van der Waals surface area contributed by atoms with Gasteiger partial charge < -0.3 is 9.88 Å². The number of nitrogens with one attached hydrogen (secondary N) is 1. The normalized spacial score (nSPS) is 18.7. The zero-order chi connectivity index (χ0) is 11.8. The summed E-state index contributed by atoms with van der Waals surface area (Å²) in [7, 11) is 2.08. The van der Waals surface area contributed by atoms with E-state index in [0.29, 0.717) is 11.1 Å². The van der Waals surface area contributed by atoms with Gasteiger partial charge in [0.25, 0.3) is 0 Å². The van der Waals surface area contributed by atoms with Crippen LogP contribution in [-0.2, 0) is 7.05 Å². The highest BCUT2D eigenvalue weighted by atomic mass is 35.5. The van der Waals surface area contributed by atoms with Crippen molar-refractivity contribution < 1.29 is 0 Å². The molecule has 3 heterocycles. The molecule has 0 radical (unpaired) electrons. The second-order valence-corrected chi connectivity index (χ2v) is 5.13. The minimum absolute atomic E-state index is 0. The molecule has 2 aromatic rings. The number of pyridine rings is 1. The molecule has 1 N–H and O–H groups in total. The van der Waals surface area contributed by atoms with Gasteiger partial charge in [-0.2, -0.15) is 0 Å². The molecule has 0 bridgehead atoms. The molecule has 6 heteroatoms. The van der Waals surface area contributed by atoms with Crippen molar-refractivity contribution in [1.82, 2.24) is 14.9 Å². The Bertz CT molecular complexity index is 547. The Balaban J connectivity index is 0.000000902. The molecule has 2 aromatic heterocycles. The highest BCUT2D eigenvalue weighted by molar-refractivity contribution is 6.31. The minimum Gasteiger partial charge on any atom is -0.331 e. The summed E-state index contributed by atoms with van der Waals surface area (Å²) < 4.78 is 2.18. The van der Waals surface area contributed by atoms with Gasteiger partial charge in [0.15, 0.2) is 0 Å². The number of fused-ring (bicyclic) bond motifs is 1. The molecule has 1 saturated heterocycles. The third-order valence-electron chi connectivity index (χ3n) is 3.54. The van der Waals surface area contributed by atoms with Gasteiger partial charge >= 0.3 is 0 Å². The van der Waals surface area contributed by atoms with Crippen LogP contribution in [0.1, 0.15) is 31.0 Å². The van der Waals surface area contributed by atoms with Crippen LogP contribution in [-0.4, -0.2) is 16.1 Å². The molecule has 106 valence electrons. The van der Waals surface area contributed by atoms with Crippen LogP contribution in [0.2, 0.25) is 5.02 Å². The van der Waals surface area contributed by atoms with E-state index in [1.807, 2.05) is 6.07 Å². The molecule has 1 aliphatic rings. The van der Waals surface area contributed by atoms with Crippen LogP contribution in [0.15, 0.2) is 18.3 Å². The molecule has 0 aliphatic carbocycles. The predicted molar refractivity (Wildman–Crippen MR) is 84.8 cm³/mol. The van der Waals surface area contributed by atoms with E-state index in [4.69, 9.17) is 11.6 Å². The Morgan fingerprint density at radius 1 is 1.32 bits per heavy atom. The van der Waals surface area contributed by atoms with E-state index in [1.165, 1.54) is 25.0 Å². The van der Waals surface area contributed by atoms with Gasteiger partial charge in [-0.1, -0.05) is 18.0 Å². The standard InChI is InChI=1S/C13H16ClN3.2ClH/c1-17-12(11-4-2-3-5-15-11)7-9-6-10(14)8-16-13(9)17;;/h6-8,11,15H,2-5H2,1H3;2*1H. The van der Waals surface area contributed by atoms with Crippen LogP contribution in [0.4, 0.5) is 0 Å². The third-order valence-corrected chi connectivity index (χ3v) is 3.74. The van der Waals surface area contributed by atoms with Gasteiger partial charge in [0, 0.05) is 30.4 Å². The Morgan fingerprint density at radius 2 is 2.11 bits per heavy atom. The SMILES string of the molecule is Cl.Cl.Cn1c(C2CCCCN2)cc2cc(Cl)cnc21. The number of aromatic nitrogens is 2. The zero-order valence-electron chi connectivity index (χ0n) is 10.7. The third kappa shape index (κ3) is 3.16. The average Bonchev–Trinajstić information content (AvgIpc) is 2.67. The van der Waals surface area contributed by atoms with E-state index >= 15 is 0 Å². The first-order valence-corrected chi connectivity index (χ1v) is 6.48.